The summed E-state index contributed by atoms with van der Waals surface area (Å²) in [6.07, 6.45) is 5.39. The van der Waals surface area contributed by atoms with Crippen LogP contribution in [-0.4, -0.2) is 29.7 Å². The SMILES string of the molecule is Cc1nn(-c2ccc(C(C)(C)C#N)cc2)c2c1cnc1ccc(-c3cnc4nc[nH]c4c3)cc12. The third kappa shape index (κ3) is 3.04. The van der Waals surface area contributed by atoms with Crippen LogP contribution < -0.4 is 0 Å². The van der Waals surface area contributed by atoms with Crippen LogP contribution in [0.4, 0.5) is 0 Å². The van der Waals surface area contributed by atoms with Gasteiger partial charge >= 0.3 is 0 Å². The number of rotatable bonds is 3. The highest BCUT2D eigenvalue weighted by atomic mass is 15.3. The summed E-state index contributed by atoms with van der Waals surface area (Å²) in [5.41, 5.74) is 7.83. The Kier molecular flexibility index (Phi) is 4.26. The van der Waals surface area contributed by atoms with Crippen LogP contribution >= 0.6 is 0 Å². The van der Waals surface area contributed by atoms with Gasteiger partial charge < -0.3 is 4.98 Å². The monoisotopic (exact) mass is 443 g/mol. The predicted octanol–water partition coefficient (Wildman–Crippen LogP) is 5.62. The molecule has 0 aliphatic carbocycles. The molecule has 0 saturated heterocycles. The Bertz CT molecular complexity index is 1750. The highest BCUT2D eigenvalue weighted by Crippen LogP contribution is 2.32. The number of nitriles is 1. The third-order valence-corrected chi connectivity index (χ3v) is 6.41. The first kappa shape index (κ1) is 20.1. The minimum absolute atomic E-state index is 0.546. The average Bonchev–Trinajstić information content (AvgIpc) is 3.47. The Balaban J connectivity index is 1.56. The van der Waals surface area contributed by atoms with E-state index in [0.717, 1.165) is 55.4 Å². The summed E-state index contributed by atoms with van der Waals surface area (Å²) in [6, 6.07) is 18.7. The molecule has 4 aromatic heterocycles. The zero-order valence-electron chi connectivity index (χ0n) is 19.0. The van der Waals surface area contributed by atoms with Crippen molar-refractivity contribution in [3.05, 3.63) is 78.5 Å². The zero-order chi connectivity index (χ0) is 23.4. The van der Waals surface area contributed by atoms with Crippen LogP contribution in [0.25, 0.3) is 49.8 Å². The Hall–Kier alpha value is -4.57. The number of imidazole rings is 1. The zero-order valence-corrected chi connectivity index (χ0v) is 19.0. The summed E-state index contributed by atoms with van der Waals surface area (Å²) in [5.74, 6) is 0. The van der Waals surface area contributed by atoms with E-state index in [1.807, 2.05) is 68.2 Å². The fourth-order valence-corrected chi connectivity index (χ4v) is 4.36. The van der Waals surface area contributed by atoms with Crippen LogP contribution in [0.1, 0.15) is 25.1 Å². The molecule has 0 radical (unpaired) electrons. The van der Waals surface area contributed by atoms with E-state index in [2.05, 4.69) is 44.2 Å². The van der Waals surface area contributed by atoms with Gasteiger partial charge in [0.2, 0.25) is 0 Å². The number of pyridine rings is 2. The molecule has 0 bridgehead atoms. The molecule has 0 fully saturated rings. The van der Waals surface area contributed by atoms with Gasteiger partial charge in [0.1, 0.15) is 0 Å². The Morgan fingerprint density at radius 1 is 0.912 bits per heavy atom. The fourth-order valence-electron chi connectivity index (χ4n) is 4.36. The van der Waals surface area contributed by atoms with Gasteiger partial charge in [-0.25, -0.2) is 14.6 Å². The molecule has 0 atom stereocenters. The van der Waals surface area contributed by atoms with Crippen LogP contribution in [0.3, 0.4) is 0 Å². The first-order valence-corrected chi connectivity index (χ1v) is 11.0. The number of H-pyrrole nitrogens is 1. The van der Waals surface area contributed by atoms with Gasteiger partial charge in [-0.15, -0.1) is 0 Å². The maximum absolute atomic E-state index is 9.48. The Morgan fingerprint density at radius 3 is 2.53 bits per heavy atom. The van der Waals surface area contributed by atoms with Crippen molar-refractivity contribution in [2.24, 2.45) is 0 Å². The smallest absolute Gasteiger partial charge is 0.177 e. The topological polar surface area (TPSA) is 96.1 Å². The van der Waals surface area contributed by atoms with Crippen molar-refractivity contribution < 1.29 is 0 Å². The lowest BCUT2D eigenvalue weighted by Crippen LogP contribution is -2.13. The molecule has 0 spiro atoms. The first-order chi connectivity index (χ1) is 16.4. The number of benzene rings is 2. The summed E-state index contributed by atoms with van der Waals surface area (Å²) < 4.78 is 1.97. The second-order valence-corrected chi connectivity index (χ2v) is 9.03. The van der Waals surface area contributed by atoms with E-state index in [1.165, 1.54) is 0 Å². The molecule has 7 nitrogen and oxygen atoms in total. The predicted molar refractivity (Wildman–Crippen MR) is 133 cm³/mol. The summed E-state index contributed by atoms with van der Waals surface area (Å²) in [6.45, 7) is 5.84. The van der Waals surface area contributed by atoms with E-state index in [-0.39, 0.29) is 0 Å². The first-order valence-electron chi connectivity index (χ1n) is 11.0. The van der Waals surface area contributed by atoms with E-state index in [9.17, 15) is 5.26 Å². The quantitative estimate of drug-likeness (QED) is 0.383. The van der Waals surface area contributed by atoms with Crippen LogP contribution in [0, 0.1) is 18.3 Å². The molecule has 0 amide bonds. The van der Waals surface area contributed by atoms with Gasteiger partial charge in [0.15, 0.2) is 5.65 Å². The fraction of sp³-hybridized carbons (Fsp3) is 0.148. The van der Waals surface area contributed by atoms with Crippen LogP contribution in [0.15, 0.2) is 67.3 Å². The molecule has 1 N–H and O–H groups in total. The maximum atomic E-state index is 9.48. The summed E-state index contributed by atoms with van der Waals surface area (Å²) in [5, 5.41) is 16.3. The van der Waals surface area contributed by atoms with Crippen molar-refractivity contribution in [1.29, 1.82) is 5.26 Å². The lowest BCUT2D eigenvalue weighted by Gasteiger charge is -2.16. The number of hydrogen-bond donors (Lipinski definition) is 1. The van der Waals surface area contributed by atoms with E-state index in [4.69, 9.17) is 5.10 Å². The number of aromatic amines is 1. The van der Waals surface area contributed by atoms with Gasteiger partial charge in [-0.1, -0.05) is 18.2 Å². The lowest BCUT2D eigenvalue weighted by molar-refractivity contribution is 0.686. The molecule has 34 heavy (non-hydrogen) atoms. The van der Waals surface area contributed by atoms with Crippen LogP contribution in [0.5, 0.6) is 0 Å². The standard InChI is InChI=1S/C27H21N7/c1-16-22-13-29-23-9-4-17(18-11-24-26(30-12-18)32-15-31-24)10-21(23)25(22)34(33-16)20-7-5-19(6-8-20)27(2,3)14-28/h4-13,15H,1-3H3,(H,30,31,32). The second kappa shape index (κ2) is 7.22. The molecule has 0 unspecified atom stereocenters. The molecule has 2 aromatic carbocycles. The van der Waals surface area contributed by atoms with Crippen molar-refractivity contribution in [3.63, 3.8) is 0 Å². The number of aryl methyl sites for hydroxylation is 1. The maximum Gasteiger partial charge on any atom is 0.177 e. The lowest BCUT2D eigenvalue weighted by atomic mass is 9.86. The van der Waals surface area contributed by atoms with Gasteiger partial charge in [-0.05, 0) is 62.2 Å². The van der Waals surface area contributed by atoms with Gasteiger partial charge in [0.05, 0.1) is 45.7 Å². The second-order valence-electron chi connectivity index (χ2n) is 9.03. The van der Waals surface area contributed by atoms with Gasteiger partial charge in [-0.2, -0.15) is 10.4 Å². The Morgan fingerprint density at radius 2 is 1.74 bits per heavy atom. The van der Waals surface area contributed by atoms with Gasteiger partial charge in [0, 0.05) is 28.7 Å². The van der Waals surface area contributed by atoms with Crippen molar-refractivity contribution in [3.8, 4) is 22.9 Å². The summed E-state index contributed by atoms with van der Waals surface area (Å²) >= 11 is 0. The third-order valence-electron chi connectivity index (χ3n) is 6.41. The number of nitrogens with zero attached hydrogens (tertiary/aromatic N) is 6. The molecule has 0 aliphatic heterocycles. The number of aromatic nitrogens is 6. The molecule has 7 heteroatoms. The van der Waals surface area contributed by atoms with E-state index >= 15 is 0 Å². The van der Waals surface area contributed by atoms with Gasteiger partial charge in [-0.3, -0.25) is 4.98 Å². The molecule has 4 heterocycles. The summed E-state index contributed by atoms with van der Waals surface area (Å²) in [4.78, 5) is 16.5. The molecule has 6 rings (SSSR count). The molecule has 164 valence electrons. The van der Waals surface area contributed by atoms with Crippen LogP contribution in [-0.2, 0) is 5.41 Å². The normalized spacial score (nSPS) is 11.9. The largest absolute Gasteiger partial charge is 0.343 e. The van der Waals surface area contributed by atoms with Crippen molar-refractivity contribution >= 4 is 33.0 Å². The number of hydrogen-bond acceptors (Lipinski definition) is 5. The highest BCUT2D eigenvalue weighted by Gasteiger charge is 2.20. The average molecular weight is 444 g/mol. The van der Waals surface area contributed by atoms with E-state index in [1.54, 1.807) is 6.33 Å². The molecule has 0 aliphatic rings. The van der Waals surface area contributed by atoms with Crippen molar-refractivity contribution in [2.45, 2.75) is 26.2 Å². The van der Waals surface area contributed by atoms with Gasteiger partial charge in [0.25, 0.3) is 0 Å². The Labute approximate surface area is 195 Å². The van der Waals surface area contributed by atoms with Crippen molar-refractivity contribution in [2.75, 3.05) is 0 Å². The summed E-state index contributed by atoms with van der Waals surface area (Å²) in [7, 11) is 0. The molecular weight excluding hydrogens is 422 g/mol. The van der Waals surface area contributed by atoms with Crippen molar-refractivity contribution in [1.82, 2.24) is 29.7 Å². The minimum atomic E-state index is -0.546. The number of fused-ring (bicyclic) bond motifs is 4. The molecular formula is C27H21N7. The minimum Gasteiger partial charge on any atom is -0.343 e. The number of nitrogens with one attached hydrogen (secondary N) is 1. The van der Waals surface area contributed by atoms with Crippen LogP contribution in [0.2, 0.25) is 0 Å². The molecule has 0 saturated carbocycles. The van der Waals surface area contributed by atoms with E-state index in [0.29, 0.717) is 5.65 Å². The van der Waals surface area contributed by atoms with E-state index < -0.39 is 5.41 Å². The highest BCUT2D eigenvalue weighted by molar-refractivity contribution is 6.06. The molecule has 6 aromatic rings.